The molecule has 2 N–H and O–H groups in total. The number of anilines is 3. The Morgan fingerprint density at radius 1 is 0.926 bits per heavy atom. The van der Waals surface area contributed by atoms with E-state index in [-0.39, 0.29) is 17.3 Å². The van der Waals surface area contributed by atoms with Crippen molar-refractivity contribution in [3.05, 3.63) is 76.6 Å². The van der Waals surface area contributed by atoms with Gasteiger partial charge in [-0.1, -0.05) is 18.2 Å². The lowest BCUT2D eigenvalue weighted by atomic mass is 10.1. The largest absolute Gasteiger partial charge is 0.324 e. The second-order valence-corrected chi connectivity index (χ2v) is 6.19. The van der Waals surface area contributed by atoms with E-state index in [1.165, 1.54) is 12.1 Å². The van der Waals surface area contributed by atoms with Crippen molar-refractivity contribution in [1.82, 2.24) is 9.97 Å². The van der Waals surface area contributed by atoms with Crippen molar-refractivity contribution in [1.29, 1.82) is 0 Å². The number of nitrogens with zero attached hydrogens (tertiary/aromatic N) is 2. The van der Waals surface area contributed by atoms with Crippen LogP contribution in [-0.2, 0) is 0 Å². The topological polar surface area (TPSA) is 66.9 Å². The standard InChI is InChI=1S/C20H18F2N4O/c1-11-5-4-6-12(2)18(11)26-20-23-13(3)9-17(25-20)19(27)24-14-7-8-15(21)16(22)10-14/h4-10H,1-3H3,(H,24,27)(H,23,25,26). The summed E-state index contributed by atoms with van der Waals surface area (Å²) in [5.41, 5.74) is 3.76. The first-order valence-corrected chi connectivity index (χ1v) is 8.29. The smallest absolute Gasteiger partial charge is 0.274 e. The molecule has 0 saturated heterocycles. The highest BCUT2D eigenvalue weighted by molar-refractivity contribution is 6.03. The van der Waals surface area contributed by atoms with Gasteiger partial charge in [-0.15, -0.1) is 0 Å². The van der Waals surface area contributed by atoms with Crippen molar-refractivity contribution in [3.8, 4) is 0 Å². The van der Waals surface area contributed by atoms with E-state index in [0.29, 0.717) is 5.69 Å². The Bertz CT molecular complexity index is 1000. The van der Waals surface area contributed by atoms with Crippen molar-refractivity contribution in [2.45, 2.75) is 20.8 Å². The van der Waals surface area contributed by atoms with E-state index in [2.05, 4.69) is 20.6 Å². The van der Waals surface area contributed by atoms with Crippen molar-refractivity contribution in [2.24, 2.45) is 0 Å². The number of amides is 1. The normalized spacial score (nSPS) is 10.6. The van der Waals surface area contributed by atoms with E-state index < -0.39 is 17.5 Å². The third-order valence-electron chi connectivity index (χ3n) is 3.98. The van der Waals surface area contributed by atoms with Crippen LogP contribution >= 0.6 is 0 Å². The zero-order valence-corrected chi connectivity index (χ0v) is 15.1. The monoisotopic (exact) mass is 368 g/mol. The molecule has 3 rings (SSSR count). The molecule has 27 heavy (non-hydrogen) atoms. The number of para-hydroxylation sites is 1. The number of rotatable bonds is 4. The molecule has 3 aromatic rings. The number of aryl methyl sites for hydroxylation is 3. The zero-order chi connectivity index (χ0) is 19.6. The van der Waals surface area contributed by atoms with Crippen LogP contribution in [0.15, 0.2) is 42.5 Å². The van der Waals surface area contributed by atoms with Gasteiger partial charge in [-0.05, 0) is 50.1 Å². The molecular weight excluding hydrogens is 350 g/mol. The van der Waals surface area contributed by atoms with E-state index >= 15 is 0 Å². The molecule has 0 aliphatic rings. The SMILES string of the molecule is Cc1cc(C(=O)Nc2ccc(F)c(F)c2)nc(Nc2c(C)cccc2C)n1. The van der Waals surface area contributed by atoms with Crippen LogP contribution in [0.4, 0.5) is 26.1 Å². The lowest BCUT2D eigenvalue weighted by molar-refractivity contribution is 0.102. The fourth-order valence-corrected chi connectivity index (χ4v) is 2.63. The van der Waals surface area contributed by atoms with E-state index in [4.69, 9.17) is 0 Å². The van der Waals surface area contributed by atoms with Gasteiger partial charge < -0.3 is 10.6 Å². The number of aromatic nitrogens is 2. The van der Waals surface area contributed by atoms with Gasteiger partial charge in [-0.2, -0.15) is 0 Å². The third-order valence-corrected chi connectivity index (χ3v) is 3.98. The predicted molar refractivity (Wildman–Crippen MR) is 100 cm³/mol. The summed E-state index contributed by atoms with van der Waals surface area (Å²) < 4.78 is 26.3. The first-order valence-electron chi connectivity index (χ1n) is 8.29. The second-order valence-electron chi connectivity index (χ2n) is 6.19. The Labute approximate surface area is 155 Å². The van der Waals surface area contributed by atoms with Crippen molar-refractivity contribution >= 4 is 23.2 Å². The minimum absolute atomic E-state index is 0.112. The molecule has 1 amide bonds. The Morgan fingerprint density at radius 2 is 1.63 bits per heavy atom. The molecule has 0 atom stereocenters. The van der Waals surface area contributed by atoms with Crippen LogP contribution in [0.25, 0.3) is 0 Å². The number of carbonyl (C=O) groups is 1. The second kappa shape index (κ2) is 7.49. The van der Waals surface area contributed by atoms with Crippen LogP contribution < -0.4 is 10.6 Å². The summed E-state index contributed by atoms with van der Waals surface area (Å²) >= 11 is 0. The first-order chi connectivity index (χ1) is 12.8. The van der Waals surface area contributed by atoms with Crippen LogP contribution in [0.3, 0.4) is 0 Å². The average molecular weight is 368 g/mol. The number of benzene rings is 2. The number of hydrogen-bond acceptors (Lipinski definition) is 4. The molecule has 0 unspecified atom stereocenters. The minimum Gasteiger partial charge on any atom is -0.324 e. The van der Waals surface area contributed by atoms with Gasteiger partial charge in [0.25, 0.3) is 5.91 Å². The van der Waals surface area contributed by atoms with Crippen molar-refractivity contribution in [2.75, 3.05) is 10.6 Å². The molecule has 0 spiro atoms. The summed E-state index contributed by atoms with van der Waals surface area (Å²) in [6, 6.07) is 10.5. The van der Waals surface area contributed by atoms with Gasteiger partial charge in [-0.25, -0.2) is 18.7 Å². The predicted octanol–water partition coefficient (Wildman–Crippen LogP) is 4.68. The van der Waals surface area contributed by atoms with E-state index in [0.717, 1.165) is 28.9 Å². The Kier molecular flexibility index (Phi) is 5.12. The Hall–Kier alpha value is -3.35. The summed E-state index contributed by atoms with van der Waals surface area (Å²) in [5, 5.41) is 5.65. The fraction of sp³-hybridized carbons (Fsp3) is 0.150. The summed E-state index contributed by atoms with van der Waals surface area (Å²) in [5.74, 6) is -2.28. The number of nitrogens with one attached hydrogen (secondary N) is 2. The highest BCUT2D eigenvalue weighted by atomic mass is 19.2. The average Bonchev–Trinajstić information content (AvgIpc) is 2.61. The van der Waals surface area contributed by atoms with Gasteiger partial charge in [0.2, 0.25) is 5.95 Å². The lowest BCUT2D eigenvalue weighted by Gasteiger charge is -2.13. The molecule has 0 saturated carbocycles. The van der Waals surface area contributed by atoms with Gasteiger partial charge in [0, 0.05) is 23.1 Å². The summed E-state index contributed by atoms with van der Waals surface area (Å²) in [4.78, 5) is 21.0. The van der Waals surface area contributed by atoms with Gasteiger partial charge in [-0.3, -0.25) is 4.79 Å². The molecule has 0 fully saturated rings. The molecular formula is C20H18F2N4O. The molecule has 0 radical (unpaired) electrons. The maximum absolute atomic E-state index is 13.3. The zero-order valence-electron chi connectivity index (χ0n) is 15.1. The summed E-state index contributed by atoms with van der Waals surface area (Å²) in [6.45, 7) is 5.66. The molecule has 5 nitrogen and oxygen atoms in total. The first kappa shape index (κ1) is 18.4. The van der Waals surface area contributed by atoms with Crippen LogP contribution in [0, 0.1) is 32.4 Å². The van der Waals surface area contributed by atoms with E-state index in [9.17, 15) is 13.6 Å². The lowest BCUT2D eigenvalue weighted by Crippen LogP contribution is -2.16. The molecule has 1 heterocycles. The third kappa shape index (κ3) is 4.25. The number of carbonyl (C=O) groups excluding carboxylic acids is 1. The minimum atomic E-state index is -1.04. The molecule has 0 bridgehead atoms. The maximum Gasteiger partial charge on any atom is 0.274 e. The molecule has 2 aromatic carbocycles. The highest BCUT2D eigenvalue weighted by Crippen LogP contribution is 2.23. The summed E-state index contributed by atoms with van der Waals surface area (Å²) in [7, 11) is 0. The van der Waals surface area contributed by atoms with Gasteiger partial charge in [0.05, 0.1) is 0 Å². The van der Waals surface area contributed by atoms with E-state index in [1.807, 2.05) is 32.0 Å². The quantitative estimate of drug-likeness (QED) is 0.702. The molecule has 138 valence electrons. The number of halogens is 2. The van der Waals surface area contributed by atoms with Crippen LogP contribution in [0.1, 0.15) is 27.3 Å². The van der Waals surface area contributed by atoms with Crippen LogP contribution in [0.2, 0.25) is 0 Å². The Balaban J connectivity index is 1.86. The number of hydrogen-bond donors (Lipinski definition) is 2. The summed E-state index contributed by atoms with van der Waals surface area (Å²) in [6.07, 6.45) is 0. The highest BCUT2D eigenvalue weighted by Gasteiger charge is 2.13. The van der Waals surface area contributed by atoms with Gasteiger partial charge in [0.1, 0.15) is 5.69 Å². The van der Waals surface area contributed by atoms with Gasteiger partial charge >= 0.3 is 0 Å². The molecule has 7 heteroatoms. The molecule has 1 aromatic heterocycles. The van der Waals surface area contributed by atoms with Crippen LogP contribution in [-0.4, -0.2) is 15.9 Å². The maximum atomic E-state index is 13.3. The van der Waals surface area contributed by atoms with Crippen molar-refractivity contribution in [3.63, 3.8) is 0 Å². The fourth-order valence-electron chi connectivity index (χ4n) is 2.63. The van der Waals surface area contributed by atoms with Crippen LogP contribution in [0.5, 0.6) is 0 Å². The Morgan fingerprint density at radius 3 is 2.30 bits per heavy atom. The van der Waals surface area contributed by atoms with Crippen molar-refractivity contribution < 1.29 is 13.6 Å². The van der Waals surface area contributed by atoms with E-state index in [1.54, 1.807) is 6.92 Å². The molecule has 0 aliphatic heterocycles. The van der Waals surface area contributed by atoms with Gasteiger partial charge in [0.15, 0.2) is 11.6 Å². The molecule has 0 aliphatic carbocycles.